The number of carbonyl (C=O) groups excluding carboxylic acids is 1. The molecule has 0 unspecified atom stereocenters. The standard InChI is InChI=1S/C23H29N3O4S2/c1-2-3-17-30-20-11-7-18(8-12-20)22(27)25-23(31)24-19-9-13-21(14-10-19)32(28,29)26-15-5-4-6-16-26/h7-14H,2-6,15-17H2,1H3,(H2,24,25,27,31). The Kier molecular flexibility index (Phi) is 8.60. The van der Waals surface area contributed by atoms with Crippen LogP contribution in [-0.2, 0) is 10.0 Å². The van der Waals surface area contributed by atoms with Crippen molar-refractivity contribution in [3.63, 3.8) is 0 Å². The monoisotopic (exact) mass is 475 g/mol. The van der Waals surface area contributed by atoms with E-state index in [9.17, 15) is 13.2 Å². The highest BCUT2D eigenvalue weighted by molar-refractivity contribution is 7.89. The number of sulfonamides is 1. The van der Waals surface area contributed by atoms with Crippen molar-refractivity contribution in [1.29, 1.82) is 0 Å². The molecule has 0 saturated carbocycles. The van der Waals surface area contributed by atoms with Crippen LogP contribution in [0.2, 0.25) is 0 Å². The number of ether oxygens (including phenoxy) is 1. The van der Waals surface area contributed by atoms with Gasteiger partial charge >= 0.3 is 0 Å². The highest BCUT2D eigenvalue weighted by Crippen LogP contribution is 2.22. The molecular weight excluding hydrogens is 446 g/mol. The number of amides is 1. The molecule has 0 atom stereocenters. The SMILES string of the molecule is CCCCOc1ccc(C(=O)NC(=S)Nc2ccc(S(=O)(=O)N3CCCCC3)cc2)cc1. The molecule has 1 aliphatic heterocycles. The van der Waals surface area contributed by atoms with Crippen LogP contribution < -0.4 is 15.4 Å². The van der Waals surface area contributed by atoms with E-state index in [1.54, 1.807) is 48.5 Å². The number of hydrogen-bond donors (Lipinski definition) is 2. The molecule has 0 bridgehead atoms. The molecule has 172 valence electrons. The van der Waals surface area contributed by atoms with Gasteiger partial charge in [0.25, 0.3) is 5.91 Å². The topological polar surface area (TPSA) is 87.7 Å². The van der Waals surface area contributed by atoms with E-state index < -0.39 is 10.0 Å². The van der Waals surface area contributed by atoms with Crippen LogP contribution in [0.25, 0.3) is 0 Å². The lowest BCUT2D eigenvalue weighted by Gasteiger charge is -2.25. The number of hydrogen-bond acceptors (Lipinski definition) is 5. The summed E-state index contributed by atoms with van der Waals surface area (Å²) in [5.41, 5.74) is 1.05. The van der Waals surface area contributed by atoms with Crippen LogP contribution in [0, 0.1) is 0 Å². The van der Waals surface area contributed by atoms with Gasteiger partial charge in [0.1, 0.15) is 5.75 Å². The van der Waals surface area contributed by atoms with Crippen molar-refractivity contribution in [2.75, 3.05) is 25.0 Å². The van der Waals surface area contributed by atoms with Gasteiger partial charge in [0.2, 0.25) is 10.0 Å². The summed E-state index contributed by atoms with van der Waals surface area (Å²) in [5.74, 6) is 0.377. The zero-order valence-electron chi connectivity index (χ0n) is 18.2. The van der Waals surface area contributed by atoms with Crippen LogP contribution in [0.4, 0.5) is 5.69 Å². The molecular formula is C23H29N3O4S2. The summed E-state index contributed by atoms with van der Waals surface area (Å²) >= 11 is 5.22. The maximum Gasteiger partial charge on any atom is 0.257 e. The third kappa shape index (κ3) is 6.51. The first-order valence-corrected chi connectivity index (χ1v) is 12.7. The summed E-state index contributed by atoms with van der Waals surface area (Å²) in [7, 11) is -3.48. The Hall–Kier alpha value is -2.49. The quantitative estimate of drug-likeness (QED) is 0.440. The van der Waals surface area contributed by atoms with E-state index in [-0.39, 0.29) is 15.9 Å². The second kappa shape index (κ2) is 11.4. The Bertz CT molecular complexity index is 1020. The molecule has 2 aromatic rings. The fourth-order valence-corrected chi connectivity index (χ4v) is 5.07. The maximum atomic E-state index is 12.7. The van der Waals surface area contributed by atoms with Crippen LogP contribution in [0.1, 0.15) is 49.4 Å². The van der Waals surface area contributed by atoms with Crippen molar-refractivity contribution in [1.82, 2.24) is 9.62 Å². The number of anilines is 1. The van der Waals surface area contributed by atoms with Gasteiger partial charge in [-0.3, -0.25) is 10.1 Å². The van der Waals surface area contributed by atoms with Crippen LogP contribution in [0.15, 0.2) is 53.4 Å². The lowest BCUT2D eigenvalue weighted by atomic mass is 10.2. The average molecular weight is 476 g/mol. The Morgan fingerprint density at radius 1 is 1.03 bits per heavy atom. The molecule has 1 saturated heterocycles. The Labute approximate surface area is 195 Å². The number of benzene rings is 2. The van der Waals surface area contributed by atoms with Crippen molar-refractivity contribution >= 4 is 38.9 Å². The second-order valence-electron chi connectivity index (χ2n) is 7.62. The van der Waals surface area contributed by atoms with Crippen molar-refractivity contribution in [3.05, 3.63) is 54.1 Å². The van der Waals surface area contributed by atoms with Crippen LogP contribution in [-0.4, -0.2) is 43.4 Å². The third-order valence-electron chi connectivity index (χ3n) is 5.18. The summed E-state index contributed by atoms with van der Waals surface area (Å²) in [6, 6.07) is 13.2. The van der Waals surface area contributed by atoms with Gasteiger partial charge in [-0.25, -0.2) is 8.42 Å². The zero-order valence-corrected chi connectivity index (χ0v) is 19.8. The first kappa shape index (κ1) is 24.2. The van der Waals surface area contributed by atoms with Crippen molar-refractivity contribution < 1.29 is 17.9 Å². The number of carbonyl (C=O) groups is 1. The predicted octanol–water partition coefficient (Wildman–Crippen LogP) is 4.17. The third-order valence-corrected chi connectivity index (χ3v) is 7.29. The van der Waals surface area contributed by atoms with Gasteiger partial charge in [-0.05, 0) is 80.0 Å². The van der Waals surface area contributed by atoms with Gasteiger partial charge in [0, 0.05) is 24.3 Å². The van der Waals surface area contributed by atoms with Gasteiger partial charge in [-0.1, -0.05) is 19.8 Å². The lowest BCUT2D eigenvalue weighted by Crippen LogP contribution is -2.35. The normalized spacial score (nSPS) is 14.5. The van der Waals surface area contributed by atoms with E-state index in [1.165, 1.54) is 4.31 Å². The number of rotatable bonds is 8. The number of unbranched alkanes of at least 4 members (excludes halogenated alkanes) is 1. The minimum Gasteiger partial charge on any atom is -0.494 e. The van der Waals surface area contributed by atoms with E-state index in [4.69, 9.17) is 17.0 Å². The van der Waals surface area contributed by atoms with Gasteiger partial charge < -0.3 is 10.1 Å². The van der Waals surface area contributed by atoms with Crippen LogP contribution >= 0.6 is 12.2 Å². The van der Waals surface area contributed by atoms with Crippen molar-refractivity contribution in [3.8, 4) is 5.75 Å². The molecule has 2 N–H and O–H groups in total. The van der Waals surface area contributed by atoms with Crippen LogP contribution in [0.5, 0.6) is 5.75 Å². The molecule has 7 nitrogen and oxygen atoms in total. The first-order valence-electron chi connectivity index (χ1n) is 10.9. The number of thiocarbonyl (C=S) groups is 1. The molecule has 0 spiro atoms. The lowest BCUT2D eigenvalue weighted by molar-refractivity contribution is 0.0977. The Balaban J connectivity index is 1.53. The number of nitrogens with zero attached hydrogens (tertiary/aromatic N) is 1. The van der Waals surface area contributed by atoms with Crippen molar-refractivity contribution in [2.24, 2.45) is 0 Å². The number of nitrogens with one attached hydrogen (secondary N) is 2. The Morgan fingerprint density at radius 2 is 1.69 bits per heavy atom. The highest BCUT2D eigenvalue weighted by Gasteiger charge is 2.25. The predicted molar refractivity (Wildman–Crippen MR) is 130 cm³/mol. The fraction of sp³-hybridized carbons (Fsp3) is 0.391. The molecule has 0 aromatic heterocycles. The molecule has 1 heterocycles. The fourth-order valence-electron chi connectivity index (χ4n) is 3.34. The minimum atomic E-state index is -3.48. The average Bonchev–Trinajstić information content (AvgIpc) is 2.80. The molecule has 9 heteroatoms. The van der Waals surface area contributed by atoms with Crippen molar-refractivity contribution in [2.45, 2.75) is 43.9 Å². The van der Waals surface area contributed by atoms with Gasteiger partial charge in [-0.15, -0.1) is 0 Å². The largest absolute Gasteiger partial charge is 0.494 e. The van der Waals surface area contributed by atoms with E-state index >= 15 is 0 Å². The van der Waals surface area contributed by atoms with E-state index in [2.05, 4.69) is 17.6 Å². The molecule has 3 rings (SSSR count). The van der Waals surface area contributed by atoms with Gasteiger partial charge in [-0.2, -0.15) is 4.31 Å². The maximum absolute atomic E-state index is 12.7. The summed E-state index contributed by atoms with van der Waals surface area (Å²) in [6.45, 7) is 3.86. The smallest absolute Gasteiger partial charge is 0.257 e. The van der Waals surface area contributed by atoms with E-state index in [0.29, 0.717) is 30.9 Å². The number of piperidine rings is 1. The second-order valence-corrected chi connectivity index (χ2v) is 9.97. The molecule has 32 heavy (non-hydrogen) atoms. The van der Waals surface area contributed by atoms with Crippen LogP contribution in [0.3, 0.4) is 0 Å². The van der Waals surface area contributed by atoms with E-state index in [0.717, 1.165) is 37.9 Å². The van der Waals surface area contributed by atoms with Gasteiger partial charge in [0.15, 0.2) is 5.11 Å². The molecule has 1 fully saturated rings. The summed E-state index contributed by atoms with van der Waals surface area (Å²) in [4.78, 5) is 12.7. The summed E-state index contributed by atoms with van der Waals surface area (Å²) < 4.78 is 32.6. The van der Waals surface area contributed by atoms with E-state index in [1.807, 2.05) is 0 Å². The summed E-state index contributed by atoms with van der Waals surface area (Å²) in [6.07, 6.45) is 4.88. The Morgan fingerprint density at radius 3 is 2.31 bits per heavy atom. The molecule has 1 amide bonds. The molecule has 0 aliphatic carbocycles. The highest BCUT2D eigenvalue weighted by atomic mass is 32.2. The minimum absolute atomic E-state index is 0.130. The first-order chi connectivity index (χ1) is 15.4. The van der Waals surface area contributed by atoms with Gasteiger partial charge in [0.05, 0.1) is 11.5 Å². The molecule has 0 radical (unpaired) electrons. The molecule has 1 aliphatic rings. The molecule has 2 aromatic carbocycles. The summed E-state index contributed by atoms with van der Waals surface area (Å²) in [5, 5.41) is 5.67. The zero-order chi connectivity index (χ0) is 23.0.